The zero-order valence-corrected chi connectivity index (χ0v) is 29.4. The fourth-order valence-electron chi connectivity index (χ4n) is 6.65. The van der Waals surface area contributed by atoms with Gasteiger partial charge < -0.3 is 105 Å². The molecule has 24 heteroatoms. The van der Waals surface area contributed by atoms with E-state index in [1.165, 1.54) is 0 Å². The molecule has 24 nitrogen and oxygen atoms in total. The first-order chi connectivity index (χ1) is 25.4. The third-order valence-corrected chi connectivity index (χ3v) is 9.39. The van der Waals surface area contributed by atoms with Crippen molar-refractivity contribution in [2.24, 2.45) is 0 Å². The first kappa shape index (κ1) is 44.4. The zero-order valence-electron chi connectivity index (χ0n) is 29.4. The lowest BCUT2D eigenvalue weighted by molar-refractivity contribution is -0.360. The molecular weight excluding hydrogens is 738 g/mol. The Hall–Kier alpha value is -2.31. The van der Waals surface area contributed by atoms with Crippen molar-refractivity contribution in [1.29, 1.82) is 0 Å². The summed E-state index contributed by atoms with van der Waals surface area (Å²) in [4.78, 5) is 36.3. The number of ether oxygens (including phenoxy) is 7. The Morgan fingerprint density at radius 3 is 1.48 bits per heavy atom. The van der Waals surface area contributed by atoms with E-state index < -0.39 is 167 Å². The maximum atomic E-state index is 12.3. The maximum Gasteiger partial charge on any atom is 0.217 e. The van der Waals surface area contributed by atoms with Crippen LogP contribution in [0.3, 0.4) is 0 Å². The van der Waals surface area contributed by atoms with Gasteiger partial charge in [0.25, 0.3) is 0 Å². The number of rotatable bonds is 13. The fraction of sp³-hybridized carbons (Fsp3) is 0.900. The smallest absolute Gasteiger partial charge is 0.217 e. The molecule has 0 aliphatic carbocycles. The van der Waals surface area contributed by atoms with E-state index in [9.17, 15) is 70.6 Å². The molecule has 3 amide bonds. The van der Waals surface area contributed by atoms with Gasteiger partial charge in [-0.2, -0.15) is 0 Å². The molecule has 0 spiro atoms. The van der Waals surface area contributed by atoms with Crippen molar-refractivity contribution < 1.29 is 104 Å². The largest absolute Gasteiger partial charge is 0.394 e. The van der Waals surface area contributed by atoms with Gasteiger partial charge in [-0.25, -0.2) is 0 Å². The van der Waals surface area contributed by atoms with E-state index >= 15 is 0 Å². The number of aliphatic hydroxyl groups is 11. The molecule has 4 heterocycles. The van der Waals surface area contributed by atoms with Crippen LogP contribution in [0.1, 0.15) is 20.8 Å². The molecule has 0 aromatic carbocycles. The highest BCUT2D eigenvalue weighted by molar-refractivity contribution is 5.74. The average molecular weight is 790 g/mol. The van der Waals surface area contributed by atoms with E-state index in [1.807, 2.05) is 0 Å². The van der Waals surface area contributed by atoms with Crippen molar-refractivity contribution in [2.75, 3.05) is 26.4 Å². The van der Waals surface area contributed by atoms with E-state index in [0.717, 1.165) is 20.8 Å². The van der Waals surface area contributed by atoms with Crippen molar-refractivity contribution in [3.8, 4) is 0 Å². The third kappa shape index (κ3) is 9.97. The van der Waals surface area contributed by atoms with Gasteiger partial charge in [0.2, 0.25) is 17.7 Å². The molecule has 0 unspecified atom stereocenters. The molecule has 4 aliphatic rings. The molecule has 4 aliphatic heterocycles. The van der Waals surface area contributed by atoms with Gasteiger partial charge in [-0.3, -0.25) is 14.4 Å². The van der Waals surface area contributed by atoms with Gasteiger partial charge in [-0.05, 0) is 0 Å². The lowest BCUT2D eigenvalue weighted by Gasteiger charge is -2.49. The molecule has 54 heavy (non-hydrogen) atoms. The highest BCUT2D eigenvalue weighted by Gasteiger charge is 2.55. The van der Waals surface area contributed by atoms with Gasteiger partial charge in [0.1, 0.15) is 97.5 Å². The Kier molecular flexibility index (Phi) is 15.8. The van der Waals surface area contributed by atoms with Crippen LogP contribution in [-0.4, -0.2) is 223 Å². The molecule has 4 saturated heterocycles. The van der Waals surface area contributed by atoms with Crippen LogP contribution < -0.4 is 16.0 Å². The van der Waals surface area contributed by atoms with Crippen LogP contribution in [-0.2, 0) is 47.5 Å². The second kappa shape index (κ2) is 19.2. The monoisotopic (exact) mass is 789 g/mol. The number of amides is 3. The summed E-state index contributed by atoms with van der Waals surface area (Å²) in [5, 5.41) is 122. The number of carbonyl (C=O) groups is 3. The highest BCUT2D eigenvalue weighted by Crippen LogP contribution is 2.33. The van der Waals surface area contributed by atoms with Gasteiger partial charge in [-0.1, -0.05) is 0 Å². The molecule has 14 N–H and O–H groups in total. The summed E-state index contributed by atoms with van der Waals surface area (Å²) in [7, 11) is 0. The first-order valence-electron chi connectivity index (χ1n) is 17.1. The van der Waals surface area contributed by atoms with E-state index in [4.69, 9.17) is 33.2 Å². The minimum Gasteiger partial charge on any atom is -0.394 e. The number of hydrogen-bond donors (Lipinski definition) is 14. The van der Waals surface area contributed by atoms with Crippen molar-refractivity contribution in [2.45, 2.75) is 143 Å². The van der Waals surface area contributed by atoms with Gasteiger partial charge in [0.15, 0.2) is 25.2 Å². The molecule has 0 radical (unpaired) electrons. The van der Waals surface area contributed by atoms with Crippen molar-refractivity contribution >= 4 is 17.7 Å². The number of hydrogen-bond acceptors (Lipinski definition) is 21. The minimum absolute atomic E-state index is 0.646. The van der Waals surface area contributed by atoms with E-state index in [1.54, 1.807) is 0 Å². The topological polar surface area (TPSA) is 374 Å². The third-order valence-electron chi connectivity index (χ3n) is 9.39. The van der Waals surface area contributed by atoms with Crippen LogP contribution in [0.5, 0.6) is 0 Å². The predicted octanol–water partition coefficient (Wildman–Crippen LogP) is -9.32. The standard InChI is InChI=1S/C30H51N3O21/c1-8(37)31-15-21(43)18(40)11(4-34)50-28(15)48-7-14-20(42)26(17(27(47)49-14)33-10(3)39)54-29-16(32-9(2)38)22(44)25(13(6-36)52-29)53-30-24(46)23(45)19(41)12(5-35)51-30/h11-30,34-36,40-47H,4-7H2,1-3H3,(H,31,37)(H,32,38)(H,33,39)/t11-,12-,13-,14-,15-,16-,17-,18-,19+,20+,21-,22-,23+,24-,25-,26-,27+,28-,29+,30+/m1/s1. The fourth-order valence-corrected chi connectivity index (χ4v) is 6.65. The van der Waals surface area contributed by atoms with E-state index in [-0.39, 0.29) is 0 Å². The molecule has 0 bridgehead atoms. The zero-order chi connectivity index (χ0) is 40.2. The molecule has 4 rings (SSSR count). The minimum atomic E-state index is -1.93. The summed E-state index contributed by atoms with van der Waals surface area (Å²) >= 11 is 0. The second-order valence-electron chi connectivity index (χ2n) is 13.4. The van der Waals surface area contributed by atoms with Crippen LogP contribution in [0.15, 0.2) is 0 Å². The Morgan fingerprint density at radius 2 is 0.944 bits per heavy atom. The molecule has 0 aromatic rings. The lowest BCUT2D eigenvalue weighted by Crippen LogP contribution is -2.70. The molecule has 0 saturated carbocycles. The van der Waals surface area contributed by atoms with Gasteiger partial charge in [-0.15, -0.1) is 0 Å². The van der Waals surface area contributed by atoms with Crippen LogP contribution in [0.2, 0.25) is 0 Å². The Labute approximate surface area is 307 Å². The van der Waals surface area contributed by atoms with Crippen LogP contribution in [0.25, 0.3) is 0 Å². The Balaban J connectivity index is 1.57. The summed E-state index contributed by atoms with van der Waals surface area (Å²) in [5.74, 6) is -2.12. The summed E-state index contributed by atoms with van der Waals surface area (Å²) in [6, 6.07) is -4.55. The highest BCUT2D eigenvalue weighted by atomic mass is 16.7. The predicted molar refractivity (Wildman–Crippen MR) is 169 cm³/mol. The molecule has 20 atom stereocenters. The molecular formula is C30H51N3O21. The van der Waals surface area contributed by atoms with Crippen molar-refractivity contribution in [3.63, 3.8) is 0 Å². The summed E-state index contributed by atoms with van der Waals surface area (Å²) in [6.07, 6.45) is -28.9. The summed E-state index contributed by atoms with van der Waals surface area (Å²) in [6.45, 7) is 0.107. The first-order valence-corrected chi connectivity index (χ1v) is 17.1. The van der Waals surface area contributed by atoms with Gasteiger partial charge in [0, 0.05) is 20.8 Å². The van der Waals surface area contributed by atoms with Crippen LogP contribution in [0, 0.1) is 0 Å². The van der Waals surface area contributed by atoms with Crippen molar-refractivity contribution in [1.82, 2.24) is 16.0 Å². The van der Waals surface area contributed by atoms with Crippen LogP contribution >= 0.6 is 0 Å². The number of carbonyl (C=O) groups excluding carboxylic acids is 3. The summed E-state index contributed by atoms with van der Waals surface area (Å²) < 4.78 is 39.6. The Bertz CT molecular complexity index is 1250. The van der Waals surface area contributed by atoms with E-state index in [0.29, 0.717) is 0 Å². The summed E-state index contributed by atoms with van der Waals surface area (Å²) in [5.41, 5.74) is 0. The number of nitrogens with one attached hydrogen (secondary N) is 3. The van der Waals surface area contributed by atoms with Gasteiger partial charge in [0.05, 0.1) is 26.4 Å². The van der Waals surface area contributed by atoms with Crippen LogP contribution in [0.4, 0.5) is 0 Å². The van der Waals surface area contributed by atoms with E-state index in [2.05, 4.69) is 16.0 Å². The normalized spacial score (nSPS) is 45.7. The number of aliphatic hydroxyl groups excluding tert-OH is 11. The Morgan fingerprint density at radius 1 is 0.481 bits per heavy atom. The SMILES string of the molecule is CC(=O)N[C@@H]1[C@@H](O[C@@H]2O[C@H](CO)[C@@H](O[C@@H]3O[C@H](CO)[C@H](O)[C@H](O)[C@H]3O)[C@H](O)[C@H]2NC(C)=O)[C@@H](O)[C@@H](CO[C@@H]2O[C@H](CO)[C@@H](O)[C@H](O)[C@H]2NC(C)=O)O[C@@H]1O. The molecule has 312 valence electrons. The second-order valence-corrected chi connectivity index (χ2v) is 13.4. The van der Waals surface area contributed by atoms with Crippen molar-refractivity contribution in [3.05, 3.63) is 0 Å². The lowest BCUT2D eigenvalue weighted by atomic mass is 9.93. The molecule has 0 aromatic heterocycles. The molecule has 4 fully saturated rings. The van der Waals surface area contributed by atoms with Gasteiger partial charge >= 0.3 is 0 Å². The maximum absolute atomic E-state index is 12.3. The quantitative estimate of drug-likeness (QED) is 0.0823. The average Bonchev–Trinajstić information content (AvgIpc) is 3.11.